The lowest BCUT2D eigenvalue weighted by atomic mass is 10.2. The zero-order chi connectivity index (χ0) is 17.1. The van der Waals surface area contributed by atoms with Crippen LogP contribution in [0.4, 0.5) is 11.4 Å². The van der Waals surface area contributed by atoms with Crippen molar-refractivity contribution in [3.05, 3.63) is 68.8 Å². The van der Waals surface area contributed by atoms with Crippen LogP contribution in [-0.2, 0) is 0 Å². The van der Waals surface area contributed by atoms with Crippen LogP contribution in [-0.4, -0.2) is 21.2 Å². The van der Waals surface area contributed by atoms with Gasteiger partial charge in [-0.2, -0.15) is 0 Å². The van der Waals surface area contributed by atoms with Crippen LogP contribution in [0.3, 0.4) is 0 Å². The van der Waals surface area contributed by atoms with E-state index in [-0.39, 0.29) is 23.2 Å². The zero-order valence-corrected chi connectivity index (χ0v) is 13.7. The fourth-order valence-electron chi connectivity index (χ4n) is 1.95. The van der Waals surface area contributed by atoms with Gasteiger partial charge < -0.3 is 9.52 Å². The van der Waals surface area contributed by atoms with Crippen LogP contribution in [0, 0.1) is 10.1 Å². The highest BCUT2D eigenvalue weighted by Crippen LogP contribution is 2.27. The Morgan fingerprint density at radius 3 is 2.71 bits per heavy atom. The molecule has 1 N–H and O–H groups in total. The molecule has 0 saturated carbocycles. The first-order valence-electron chi connectivity index (χ1n) is 6.77. The van der Waals surface area contributed by atoms with Crippen molar-refractivity contribution >= 4 is 33.5 Å². The molecular weight excluding hydrogens is 378 g/mol. The molecule has 0 saturated heterocycles. The van der Waals surface area contributed by atoms with Crippen LogP contribution in [0.25, 0.3) is 11.5 Å². The van der Waals surface area contributed by atoms with Gasteiger partial charge in [0.25, 0.3) is 5.69 Å². The molecule has 1 heterocycles. The smallest absolute Gasteiger partial charge is 0.312 e. The van der Waals surface area contributed by atoms with Gasteiger partial charge in [-0.1, -0.05) is 22.0 Å². The maximum absolute atomic E-state index is 10.7. The Bertz CT molecular complexity index is 919. The van der Waals surface area contributed by atoms with E-state index in [2.05, 4.69) is 25.9 Å². The summed E-state index contributed by atoms with van der Waals surface area (Å²) in [6.07, 6.45) is 1.29. The molecule has 3 aromatic rings. The van der Waals surface area contributed by atoms with Crippen molar-refractivity contribution in [3.8, 4) is 17.4 Å². The van der Waals surface area contributed by atoms with Crippen molar-refractivity contribution in [3.63, 3.8) is 0 Å². The Hall–Kier alpha value is -3.00. The van der Waals surface area contributed by atoms with Crippen LogP contribution < -0.4 is 0 Å². The highest BCUT2D eigenvalue weighted by atomic mass is 79.9. The van der Waals surface area contributed by atoms with E-state index in [4.69, 9.17) is 4.42 Å². The number of hydrogen-bond acceptors (Lipinski definition) is 6. The largest absolute Gasteiger partial charge is 0.479 e. The molecule has 3 rings (SSSR count). The third-order valence-electron chi connectivity index (χ3n) is 3.10. The topological polar surface area (TPSA) is 102 Å². The van der Waals surface area contributed by atoms with E-state index >= 15 is 0 Å². The number of nitrogens with zero attached hydrogens (tertiary/aromatic N) is 3. The molecule has 24 heavy (non-hydrogen) atoms. The van der Waals surface area contributed by atoms with Gasteiger partial charge in [-0.3, -0.25) is 15.1 Å². The van der Waals surface area contributed by atoms with Crippen molar-refractivity contribution in [1.82, 2.24) is 4.98 Å². The van der Waals surface area contributed by atoms with Crippen LogP contribution in [0.2, 0.25) is 0 Å². The van der Waals surface area contributed by atoms with E-state index in [1.807, 2.05) is 12.1 Å². The second-order valence-corrected chi connectivity index (χ2v) is 5.67. The first kappa shape index (κ1) is 15.9. The standard InChI is InChI=1S/C16H10BrN3O4/c17-11-6-4-10(5-7-11)15-19-14(16(21)24-15)9-18-12-2-1-3-13(8-12)20(22)23/h1-9,21H. The van der Waals surface area contributed by atoms with Crippen LogP contribution in [0.15, 0.2) is 62.4 Å². The SMILES string of the molecule is O=[N+]([O-])c1cccc(N=Cc2nc(-c3ccc(Br)cc3)oc2O)c1. The first-order valence-corrected chi connectivity index (χ1v) is 7.56. The van der Waals surface area contributed by atoms with E-state index in [0.717, 1.165) is 4.47 Å². The highest BCUT2D eigenvalue weighted by Gasteiger charge is 2.12. The molecule has 1 aromatic heterocycles. The number of non-ortho nitro benzene ring substituents is 1. The lowest BCUT2D eigenvalue weighted by Gasteiger charge is -1.94. The Kier molecular flexibility index (Phi) is 4.39. The molecule has 0 fully saturated rings. The van der Waals surface area contributed by atoms with Gasteiger partial charge in [0.05, 0.1) is 16.8 Å². The number of oxazole rings is 1. The quantitative estimate of drug-likeness (QED) is 0.404. The normalized spacial score (nSPS) is 11.0. The minimum absolute atomic E-state index is 0.0652. The van der Waals surface area contributed by atoms with Gasteiger partial charge in [0.1, 0.15) is 0 Å². The zero-order valence-electron chi connectivity index (χ0n) is 12.1. The third-order valence-corrected chi connectivity index (χ3v) is 3.63. The molecule has 0 radical (unpaired) electrons. The third kappa shape index (κ3) is 3.49. The molecule has 0 aliphatic rings. The number of aromatic hydroxyl groups is 1. The minimum Gasteiger partial charge on any atom is -0.479 e. The molecular formula is C16H10BrN3O4. The van der Waals surface area contributed by atoms with Crippen molar-refractivity contribution in [2.75, 3.05) is 0 Å². The lowest BCUT2D eigenvalue weighted by Crippen LogP contribution is -1.86. The van der Waals surface area contributed by atoms with Gasteiger partial charge in [-0.05, 0) is 30.3 Å². The first-order chi connectivity index (χ1) is 11.5. The average molecular weight is 388 g/mol. The number of benzene rings is 2. The summed E-state index contributed by atoms with van der Waals surface area (Å²) in [6.45, 7) is 0. The van der Waals surface area contributed by atoms with E-state index in [1.54, 1.807) is 18.2 Å². The molecule has 0 aliphatic heterocycles. The summed E-state index contributed by atoms with van der Waals surface area (Å²) in [6, 6.07) is 13.1. The van der Waals surface area contributed by atoms with Crippen molar-refractivity contribution in [2.45, 2.75) is 0 Å². The van der Waals surface area contributed by atoms with Crippen molar-refractivity contribution in [2.24, 2.45) is 4.99 Å². The van der Waals surface area contributed by atoms with Gasteiger partial charge >= 0.3 is 5.95 Å². The van der Waals surface area contributed by atoms with E-state index < -0.39 is 4.92 Å². The summed E-state index contributed by atoms with van der Waals surface area (Å²) < 4.78 is 6.13. The fraction of sp³-hybridized carbons (Fsp3) is 0. The predicted molar refractivity (Wildman–Crippen MR) is 91.7 cm³/mol. The second kappa shape index (κ2) is 6.63. The molecule has 120 valence electrons. The molecule has 0 unspecified atom stereocenters. The summed E-state index contributed by atoms with van der Waals surface area (Å²) in [5.41, 5.74) is 1.14. The van der Waals surface area contributed by atoms with Gasteiger partial charge in [0.15, 0.2) is 5.69 Å². The fourth-order valence-corrected chi connectivity index (χ4v) is 2.21. The number of aliphatic imine (C=N–C) groups is 1. The summed E-state index contributed by atoms with van der Waals surface area (Å²) in [5.74, 6) is -0.123. The second-order valence-electron chi connectivity index (χ2n) is 4.75. The number of rotatable bonds is 4. The van der Waals surface area contributed by atoms with Gasteiger partial charge in [-0.25, -0.2) is 4.98 Å². The summed E-state index contributed by atoms with van der Waals surface area (Å²) in [7, 11) is 0. The minimum atomic E-state index is -0.502. The highest BCUT2D eigenvalue weighted by molar-refractivity contribution is 9.10. The van der Waals surface area contributed by atoms with Gasteiger partial charge in [0.2, 0.25) is 5.89 Å². The van der Waals surface area contributed by atoms with Gasteiger partial charge in [-0.15, -0.1) is 0 Å². The number of aromatic nitrogens is 1. The predicted octanol–water partition coefficient (Wildman–Crippen LogP) is 4.47. The van der Waals surface area contributed by atoms with Crippen LogP contribution in [0.5, 0.6) is 5.95 Å². The molecule has 0 spiro atoms. The Morgan fingerprint density at radius 2 is 2.00 bits per heavy atom. The number of hydrogen-bond donors (Lipinski definition) is 1. The summed E-state index contributed by atoms with van der Waals surface area (Å²) in [5, 5.41) is 20.6. The summed E-state index contributed by atoms with van der Waals surface area (Å²) in [4.78, 5) is 18.5. The van der Waals surface area contributed by atoms with Crippen molar-refractivity contribution < 1.29 is 14.4 Å². The average Bonchev–Trinajstić information content (AvgIpc) is 2.95. The lowest BCUT2D eigenvalue weighted by molar-refractivity contribution is -0.384. The Morgan fingerprint density at radius 1 is 1.25 bits per heavy atom. The maximum atomic E-state index is 10.7. The molecule has 0 amide bonds. The van der Waals surface area contributed by atoms with Crippen molar-refractivity contribution in [1.29, 1.82) is 0 Å². The number of halogens is 1. The van der Waals surface area contributed by atoms with Crippen LogP contribution in [0.1, 0.15) is 5.69 Å². The van der Waals surface area contributed by atoms with E-state index in [1.165, 1.54) is 24.4 Å². The van der Waals surface area contributed by atoms with Crippen LogP contribution >= 0.6 is 15.9 Å². The van der Waals surface area contributed by atoms with Gasteiger partial charge in [0, 0.05) is 22.2 Å². The molecule has 0 atom stereocenters. The summed E-state index contributed by atoms with van der Waals surface area (Å²) >= 11 is 3.33. The maximum Gasteiger partial charge on any atom is 0.312 e. The van der Waals surface area contributed by atoms with E-state index in [9.17, 15) is 15.2 Å². The Labute approximate surface area is 144 Å². The number of nitro benzene ring substituents is 1. The molecule has 7 nitrogen and oxygen atoms in total. The van der Waals surface area contributed by atoms with E-state index in [0.29, 0.717) is 11.3 Å². The monoisotopic (exact) mass is 387 g/mol. The molecule has 2 aromatic carbocycles. The Balaban J connectivity index is 1.87. The molecule has 8 heteroatoms. The number of nitro groups is 1. The molecule has 0 aliphatic carbocycles. The molecule has 0 bridgehead atoms.